The highest BCUT2D eigenvalue weighted by atomic mass is 32.1. The molecule has 0 bridgehead atoms. The lowest BCUT2D eigenvalue weighted by Gasteiger charge is -2.38. The minimum absolute atomic E-state index is 0.101. The van der Waals surface area contributed by atoms with Gasteiger partial charge in [-0.05, 0) is 49.2 Å². The number of hydrogen-bond acceptors (Lipinski definition) is 5. The zero-order valence-corrected chi connectivity index (χ0v) is 15.7. The van der Waals surface area contributed by atoms with E-state index in [1.807, 2.05) is 41.3 Å². The number of rotatable bonds is 3. The number of carbonyl (C=O) groups is 1. The smallest absolute Gasteiger partial charge is 0.265 e. The molecule has 1 aromatic carbocycles. The van der Waals surface area contributed by atoms with E-state index in [0.29, 0.717) is 5.92 Å². The van der Waals surface area contributed by atoms with Gasteiger partial charge in [-0.15, -0.1) is 0 Å². The van der Waals surface area contributed by atoms with Crippen LogP contribution in [0.5, 0.6) is 0 Å². The van der Waals surface area contributed by atoms with Crippen LogP contribution in [0.1, 0.15) is 35.4 Å². The van der Waals surface area contributed by atoms with Gasteiger partial charge in [0.25, 0.3) is 5.91 Å². The molecule has 2 unspecified atom stereocenters. The van der Waals surface area contributed by atoms with Crippen LogP contribution in [0.25, 0.3) is 11.3 Å². The third kappa shape index (κ3) is 3.82. The molecule has 5 nitrogen and oxygen atoms in total. The van der Waals surface area contributed by atoms with E-state index in [9.17, 15) is 4.79 Å². The maximum atomic E-state index is 12.8. The molecular formula is C20H25N3O2S. The van der Waals surface area contributed by atoms with Gasteiger partial charge in [0.15, 0.2) is 0 Å². The molecular weight excluding hydrogens is 346 g/mol. The summed E-state index contributed by atoms with van der Waals surface area (Å²) in [7, 11) is 0. The number of amides is 1. The summed E-state index contributed by atoms with van der Waals surface area (Å²) in [6.45, 7) is 2.35. The predicted octanol–water partition coefficient (Wildman–Crippen LogP) is 3.17. The minimum Gasteiger partial charge on any atom is -0.378 e. The van der Waals surface area contributed by atoms with Crippen molar-refractivity contribution in [2.75, 3.05) is 19.7 Å². The molecule has 2 atom stereocenters. The molecule has 2 aliphatic heterocycles. The van der Waals surface area contributed by atoms with E-state index >= 15 is 0 Å². The summed E-state index contributed by atoms with van der Waals surface area (Å²) in [5.74, 6) is 0.621. The van der Waals surface area contributed by atoms with Gasteiger partial charge in [0.2, 0.25) is 0 Å². The molecule has 2 saturated heterocycles. The van der Waals surface area contributed by atoms with Crippen molar-refractivity contribution in [3.05, 3.63) is 41.3 Å². The van der Waals surface area contributed by atoms with Gasteiger partial charge in [0, 0.05) is 31.3 Å². The summed E-state index contributed by atoms with van der Waals surface area (Å²) < 4.78 is 10.4. The molecule has 2 aliphatic rings. The number of benzene rings is 1. The molecule has 0 spiro atoms. The van der Waals surface area contributed by atoms with E-state index in [1.165, 1.54) is 11.5 Å². The molecule has 0 aliphatic carbocycles. The van der Waals surface area contributed by atoms with Crippen LogP contribution in [0.4, 0.5) is 0 Å². The van der Waals surface area contributed by atoms with E-state index in [1.54, 1.807) is 0 Å². The molecule has 0 saturated carbocycles. The Morgan fingerprint density at radius 3 is 2.69 bits per heavy atom. The topological polar surface area (TPSA) is 68.5 Å². The van der Waals surface area contributed by atoms with Gasteiger partial charge in [0.1, 0.15) is 4.88 Å². The maximum Gasteiger partial charge on any atom is 0.265 e. The number of nitrogens with zero attached hydrogens (tertiary/aromatic N) is 2. The molecule has 2 fully saturated rings. The quantitative estimate of drug-likeness (QED) is 0.900. The lowest BCUT2D eigenvalue weighted by molar-refractivity contribution is -0.0419. The van der Waals surface area contributed by atoms with Gasteiger partial charge in [-0.25, -0.2) is 0 Å². The Hall–Kier alpha value is -1.76. The van der Waals surface area contributed by atoms with Crippen LogP contribution in [0.15, 0.2) is 36.4 Å². The molecule has 1 amide bonds. The number of aromatic nitrogens is 1. The molecule has 1 aromatic heterocycles. The van der Waals surface area contributed by atoms with Crippen molar-refractivity contribution in [2.24, 2.45) is 11.7 Å². The molecule has 4 rings (SSSR count). The Labute approximate surface area is 158 Å². The average Bonchev–Trinajstić information content (AvgIpc) is 3.18. The summed E-state index contributed by atoms with van der Waals surface area (Å²) >= 11 is 1.29. The zero-order valence-electron chi connectivity index (χ0n) is 14.8. The van der Waals surface area contributed by atoms with Crippen LogP contribution in [0, 0.1) is 5.92 Å². The summed E-state index contributed by atoms with van der Waals surface area (Å²) in [6.07, 6.45) is 4.17. The fraction of sp³-hybridized carbons (Fsp3) is 0.500. The van der Waals surface area contributed by atoms with Crippen LogP contribution in [-0.4, -0.2) is 47.0 Å². The highest BCUT2D eigenvalue weighted by molar-refractivity contribution is 7.08. The Kier molecular flexibility index (Phi) is 5.33. The fourth-order valence-corrected chi connectivity index (χ4v) is 4.66. The number of ether oxygens (including phenoxy) is 1. The Bertz CT molecular complexity index is 741. The molecule has 26 heavy (non-hydrogen) atoms. The average molecular weight is 372 g/mol. The van der Waals surface area contributed by atoms with Crippen molar-refractivity contribution in [3.8, 4) is 11.3 Å². The van der Waals surface area contributed by atoms with Crippen LogP contribution < -0.4 is 5.73 Å². The van der Waals surface area contributed by atoms with Crippen molar-refractivity contribution >= 4 is 17.4 Å². The third-order valence-corrected chi connectivity index (χ3v) is 6.28. The number of likely N-dealkylation sites (tertiary alicyclic amines) is 1. The van der Waals surface area contributed by atoms with Crippen LogP contribution in [-0.2, 0) is 4.74 Å². The summed E-state index contributed by atoms with van der Waals surface area (Å²) in [5.41, 5.74) is 8.01. The first-order chi connectivity index (χ1) is 12.7. The highest BCUT2D eigenvalue weighted by Crippen LogP contribution is 2.30. The second-order valence-electron chi connectivity index (χ2n) is 7.27. The highest BCUT2D eigenvalue weighted by Gasteiger charge is 2.32. The number of piperidine rings is 1. The van der Waals surface area contributed by atoms with Gasteiger partial charge in [0.05, 0.1) is 11.8 Å². The maximum absolute atomic E-state index is 12.8. The van der Waals surface area contributed by atoms with E-state index in [0.717, 1.165) is 61.5 Å². The van der Waals surface area contributed by atoms with E-state index in [2.05, 4.69) is 4.37 Å². The van der Waals surface area contributed by atoms with Crippen LogP contribution in [0.3, 0.4) is 0 Å². The fourth-order valence-electron chi connectivity index (χ4n) is 3.93. The Morgan fingerprint density at radius 1 is 1.19 bits per heavy atom. The summed E-state index contributed by atoms with van der Waals surface area (Å²) in [4.78, 5) is 15.5. The number of hydrogen-bond donors (Lipinski definition) is 1. The Balaban J connectivity index is 1.36. The molecule has 3 heterocycles. The van der Waals surface area contributed by atoms with Crippen molar-refractivity contribution in [1.29, 1.82) is 0 Å². The van der Waals surface area contributed by atoms with E-state index in [-0.39, 0.29) is 18.1 Å². The van der Waals surface area contributed by atoms with Gasteiger partial charge < -0.3 is 15.4 Å². The van der Waals surface area contributed by atoms with Gasteiger partial charge in [-0.2, -0.15) is 4.37 Å². The zero-order chi connectivity index (χ0) is 17.9. The van der Waals surface area contributed by atoms with Gasteiger partial charge >= 0.3 is 0 Å². The molecule has 0 radical (unpaired) electrons. The molecule has 2 N–H and O–H groups in total. The standard InChI is InChI=1S/C20H25N3O2S/c21-16-8-11-25-18(12-16)15-6-9-23(10-7-15)20(24)19-13-17(22-26-19)14-4-2-1-3-5-14/h1-5,13,15-16,18H,6-12,21H2. The second kappa shape index (κ2) is 7.86. The van der Waals surface area contributed by atoms with Crippen LogP contribution in [0.2, 0.25) is 0 Å². The van der Waals surface area contributed by atoms with Crippen molar-refractivity contribution in [2.45, 2.75) is 37.8 Å². The van der Waals surface area contributed by atoms with Crippen molar-refractivity contribution < 1.29 is 9.53 Å². The minimum atomic E-state index is 0.101. The summed E-state index contributed by atoms with van der Waals surface area (Å²) in [5, 5.41) is 0. The molecule has 6 heteroatoms. The first-order valence-electron chi connectivity index (χ1n) is 9.39. The van der Waals surface area contributed by atoms with Gasteiger partial charge in [-0.1, -0.05) is 30.3 Å². The van der Waals surface area contributed by atoms with Crippen LogP contribution >= 0.6 is 11.5 Å². The van der Waals surface area contributed by atoms with Crippen molar-refractivity contribution in [3.63, 3.8) is 0 Å². The first-order valence-corrected chi connectivity index (χ1v) is 10.2. The lowest BCUT2D eigenvalue weighted by atomic mass is 9.86. The normalized spacial score (nSPS) is 24.6. The largest absolute Gasteiger partial charge is 0.378 e. The monoisotopic (exact) mass is 371 g/mol. The summed E-state index contributed by atoms with van der Waals surface area (Å²) in [6, 6.07) is 12.2. The third-order valence-electron chi connectivity index (χ3n) is 5.50. The lowest BCUT2D eigenvalue weighted by Crippen LogP contribution is -2.45. The van der Waals surface area contributed by atoms with Crippen molar-refractivity contribution in [1.82, 2.24) is 9.27 Å². The Morgan fingerprint density at radius 2 is 1.96 bits per heavy atom. The van der Waals surface area contributed by atoms with E-state index in [4.69, 9.17) is 10.5 Å². The SMILES string of the molecule is NC1CCOC(C2CCN(C(=O)c3cc(-c4ccccc4)ns3)CC2)C1. The predicted molar refractivity (Wildman–Crippen MR) is 103 cm³/mol. The number of carbonyl (C=O) groups excluding carboxylic acids is 1. The molecule has 138 valence electrons. The second-order valence-corrected chi connectivity index (χ2v) is 8.07. The van der Waals surface area contributed by atoms with E-state index < -0.39 is 0 Å². The first kappa shape index (κ1) is 17.6. The number of nitrogens with two attached hydrogens (primary N) is 1. The van der Waals surface area contributed by atoms with Gasteiger partial charge in [-0.3, -0.25) is 4.79 Å². The molecule has 2 aromatic rings.